The fraction of sp³-hybridized carbons (Fsp3) is 0.571. The largest absolute Gasteiger partial charge is 0.462 e. The van der Waals surface area contributed by atoms with Crippen LogP contribution in [0, 0.1) is 6.92 Å². The summed E-state index contributed by atoms with van der Waals surface area (Å²) in [5.74, 6) is 1.01. The van der Waals surface area contributed by atoms with Crippen molar-refractivity contribution < 1.29 is 13.9 Å². The van der Waals surface area contributed by atoms with Gasteiger partial charge >= 0.3 is 5.97 Å². The quantitative estimate of drug-likeness (QED) is 0.662. The number of esters is 1. The van der Waals surface area contributed by atoms with Crippen molar-refractivity contribution in [2.45, 2.75) is 50.9 Å². The standard InChI is InChI=1S/C14H16O4/c1-9-7-10(15)12-13(17-9)14(8-11(16)18-12)5-3-2-4-6-14/h7H,2-6,8H2,1H3. The van der Waals surface area contributed by atoms with Crippen LogP contribution in [0.25, 0.3) is 0 Å². The van der Waals surface area contributed by atoms with Crippen molar-refractivity contribution in [3.8, 4) is 5.75 Å². The van der Waals surface area contributed by atoms with Crippen LogP contribution in [-0.4, -0.2) is 5.97 Å². The topological polar surface area (TPSA) is 56.5 Å². The molecule has 0 unspecified atom stereocenters. The highest BCUT2D eigenvalue weighted by Crippen LogP contribution is 2.47. The van der Waals surface area contributed by atoms with Gasteiger partial charge in [0, 0.05) is 11.5 Å². The molecule has 3 rings (SSSR count). The molecule has 18 heavy (non-hydrogen) atoms. The zero-order chi connectivity index (χ0) is 12.8. The van der Waals surface area contributed by atoms with E-state index in [0.717, 1.165) is 25.7 Å². The van der Waals surface area contributed by atoms with Crippen LogP contribution in [-0.2, 0) is 10.2 Å². The monoisotopic (exact) mass is 248 g/mol. The van der Waals surface area contributed by atoms with Crippen molar-refractivity contribution in [2.24, 2.45) is 0 Å². The van der Waals surface area contributed by atoms with Crippen LogP contribution >= 0.6 is 0 Å². The molecule has 4 heteroatoms. The molecule has 1 aliphatic carbocycles. The Kier molecular flexibility index (Phi) is 2.54. The normalized spacial score (nSPS) is 21.5. The summed E-state index contributed by atoms with van der Waals surface area (Å²) in [5, 5.41) is 0. The molecular weight excluding hydrogens is 232 g/mol. The summed E-state index contributed by atoms with van der Waals surface area (Å²) in [4.78, 5) is 23.7. The van der Waals surface area contributed by atoms with E-state index in [0.29, 0.717) is 17.9 Å². The van der Waals surface area contributed by atoms with Crippen LogP contribution in [0.3, 0.4) is 0 Å². The lowest BCUT2D eigenvalue weighted by atomic mass is 9.69. The fourth-order valence-corrected chi connectivity index (χ4v) is 3.18. The summed E-state index contributed by atoms with van der Waals surface area (Å²) in [5.41, 5.74) is -0.541. The van der Waals surface area contributed by atoms with Gasteiger partial charge in [0.05, 0.1) is 6.42 Å². The van der Waals surface area contributed by atoms with Gasteiger partial charge in [0.15, 0.2) is 5.76 Å². The molecule has 2 heterocycles. The maximum Gasteiger partial charge on any atom is 0.312 e. The number of aryl methyl sites for hydroxylation is 1. The van der Waals surface area contributed by atoms with Crippen LogP contribution in [0.5, 0.6) is 5.75 Å². The van der Waals surface area contributed by atoms with E-state index < -0.39 is 0 Å². The second-order valence-corrected chi connectivity index (χ2v) is 5.37. The maximum atomic E-state index is 11.9. The van der Waals surface area contributed by atoms with E-state index in [2.05, 4.69) is 0 Å². The van der Waals surface area contributed by atoms with Crippen LogP contribution in [0.1, 0.15) is 50.0 Å². The molecule has 1 aliphatic heterocycles. The number of hydrogen-bond donors (Lipinski definition) is 0. The second kappa shape index (κ2) is 3.97. The molecule has 2 aliphatic rings. The molecule has 0 radical (unpaired) electrons. The molecule has 0 atom stereocenters. The van der Waals surface area contributed by atoms with Gasteiger partial charge in [-0.1, -0.05) is 19.3 Å². The molecule has 0 saturated heterocycles. The molecule has 1 aromatic rings. The SMILES string of the molecule is Cc1cc(=O)c2c(o1)C1(CCCCC1)CC(=O)O2. The lowest BCUT2D eigenvalue weighted by molar-refractivity contribution is -0.138. The van der Waals surface area contributed by atoms with E-state index in [1.54, 1.807) is 6.92 Å². The van der Waals surface area contributed by atoms with Crippen molar-refractivity contribution in [2.75, 3.05) is 0 Å². The Morgan fingerprint density at radius 1 is 1.17 bits per heavy atom. The minimum Gasteiger partial charge on any atom is -0.462 e. The zero-order valence-corrected chi connectivity index (χ0v) is 10.5. The number of carbonyl (C=O) groups is 1. The summed E-state index contributed by atoms with van der Waals surface area (Å²) < 4.78 is 10.8. The summed E-state index contributed by atoms with van der Waals surface area (Å²) in [6.45, 7) is 1.76. The number of rotatable bonds is 0. The van der Waals surface area contributed by atoms with Crippen molar-refractivity contribution in [1.29, 1.82) is 0 Å². The number of carbonyl (C=O) groups excluding carboxylic acids is 1. The lowest BCUT2D eigenvalue weighted by Crippen LogP contribution is -2.39. The first kappa shape index (κ1) is 11.5. The van der Waals surface area contributed by atoms with Crippen LogP contribution in [0.2, 0.25) is 0 Å². The third-order valence-electron chi connectivity index (χ3n) is 4.02. The molecule has 0 N–H and O–H groups in total. The minimum atomic E-state index is -0.305. The van der Waals surface area contributed by atoms with Crippen molar-refractivity contribution in [3.63, 3.8) is 0 Å². The van der Waals surface area contributed by atoms with Gasteiger partial charge in [0.1, 0.15) is 5.76 Å². The van der Waals surface area contributed by atoms with Crippen LogP contribution in [0.15, 0.2) is 15.3 Å². The fourth-order valence-electron chi connectivity index (χ4n) is 3.18. The Morgan fingerprint density at radius 3 is 2.61 bits per heavy atom. The van der Waals surface area contributed by atoms with Gasteiger partial charge in [-0.3, -0.25) is 9.59 Å². The molecule has 0 bridgehead atoms. The van der Waals surface area contributed by atoms with Crippen molar-refractivity contribution >= 4 is 5.97 Å². The summed E-state index contributed by atoms with van der Waals surface area (Å²) >= 11 is 0. The number of fused-ring (bicyclic) bond motifs is 2. The second-order valence-electron chi connectivity index (χ2n) is 5.37. The Bertz CT molecular complexity index is 549. The Balaban J connectivity index is 2.20. The molecule has 96 valence electrons. The third-order valence-corrected chi connectivity index (χ3v) is 4.02. The van der Waals surface area contributed by atoms with E-state index in [1.807, 2.05) is 0 Å². The molecule has 1 fully saturated rings. The Morgan fingerprint density at radius 2 is 1.89 bits per heavy atom. The van der Waals surface area contributed by atoms with E-state index in [9.17, 15) is 9.59 Å². The predicted molar refractivity (Wildman–Crippen MR) is 64.7 cm³/mol. The predicted octanol–water partition coefficient (Wildman–Crippen LogP) is 2.46. The summed E-state index contributed by atoms with van der Waals surface area (Å²) in [7, 11) is 0. The Labute approximate surface area is 105 Å². The molecule has 4 nitrogen and oxygen atoms in total. The summed E-state index contributed by atoms with van der Waals surface area (Å²) in [6, 6.07) is 1.38. The zero-order valence-electron chi connectivity index (χ0n) is 10.5. The summed E-state index contributed by atoms with van der Waals surface area (Å²) in [6.07, 6.45) is 5.48. The van der Waals surface area contributed by atoms with E-state index in [4.69, 9.17) is 9.15 Å². The van der Waals surface area contributed by atoms with Crippen molar-refractivity contribution in [1.82, 2.24) is 0 Å². The number of ether oxygens (including phenoxy) is 1. The van der Waals surface area contributed by atoms with Crippen molar-refractivity contribution in [3.05, 3.63) is 27.8 Å². The highest BCUT2D eigenvalue weighted by molar-refractivity contribution is 5.77. The first-order valence-electron chi connectivity index (χ1n) is 6.47. The van der Waals surface area contributed by atoms with Crippen LogP contribution < -0.4 is 10.2 Å². The van der Waals surface area contributed by atoms with E-state index in [1.165, 1.54) is 12.5 Å². The highest BCUT2D eigenvalue weighted by atomic mass is 16.5. The maximum absolute atomic E-state index is 11.9. The van der Waals surface area contributed by atoms with Gasteiger partial charge in [0.2, 0.25) is 11.2 Å². The van der Waals surface area contributed by atoms with Crippen LogP contribution in [0.4, 0.5) is 0 Å². The van der Waals surface area contributed by atoms with Gasteiger partial charge < -0.3 is 9.15 Å². The van der Waals surface area contributed by atoms with Gasteiger partial charge in [0.25, 0.3) is 0 Å². The molecule has 0 amide bonds. The van der Waals surface area contributed by atoms with Gasteiger partial charge in [-0.05, 0) is 19.8 Å². The van der Waals surface area contributed by atoms with Gasteiger partial charge in [-0.2, -0.15) is 0 Å². The highest BCUT2D eigenvalue weighted by Gasteiger charge is 2.45. The van der Waals surface area contributed by atoms with Gasteiger partial charge in [-0.15, -0.1) is 0 Å². The minimum absolute atomic E-state index is 0.124. The first-order chi connectivity index (χ1) is 8.61. The van der Waals surface area contributed by atoms with E-state index >= 15 is 0 Å². The smallest absolute Gasteiger partial charge is 0.312 e. The first-order valence-corrected chi connectivity index (χ1v) is 6.47. The lowest BCUT2D eigenvalue weighted by Gasteiger charge is -2.38. The van der Waals surface area contributed by atoms with E-state index in [-0.39, 0.29) is 22.6 Å². The Hall–Kier alpha value is -1.58. The molecule has 1 spiro atoms. The average Bonchev–Trinajstić information content (AvgIpc) is 2.32. The number of hydrogen-bond acceptors (Lipinski definition) is 4. The molecule has 0 aromatic carbocycles. The molecule has 1 aromatic heterocycles. The third kappa shape index (κ3) is 1.67. The average molecular weight is 248 g/mol. The van der Waals surface area contributed by atoms with Gasteiger partial charge in [-0.25, -0.2) is 0 Å². The molecule has 1 saturated carbocycles. The molecular formula is C14H16O4.